The van der Waals surface area contributed by atoms with Gasteiger partial charge in [-0.05, 0) is 82.6 Å². The molecule has 1 aromatic carbocycles. The maximum atomic E-state index is 14.4. The van der Waals surface area contributed by atoms with Gasteiger partial charge in [0, 0.05) is 30.9 Å². The number of aliphatic imine (C=N–C) groups is 1. The molecule has 49 heavy (non-hydrogen) atoms. The van der Waals surface area contributed by atoms with E-state index in [2.05, 4.69) is 36.5 Å². The summed E-state index contributed by atoms with van der Waals surface area (Å²) in [5.41, 5.74) is -0.255. The molecule has 0 bridgehead atoms. The van der Waals surface area contributed by atoms with E-state index in [-0.39, 0.29) is 24.3 Å². The second kappa shape index (κ2) is 16.0. The normalized spacial score (nSPS) is 18.9. The molecular weight excluding hydrogens is 648 g/mol. The molecule has 0 radical (unpaired) electrons. The van der Waals surface area contributed by atoms with Gasteiger partial charge in [-0.1, -0.05) is 43.0 Å². The van der Waals surface area contributed by atoms with E-state index < -0.39 is 29.3 Å². The van der Waals surface area contributed by atoms with Crippen LogP contribution in [0.5, 0.6) is 0 Å². The van der Waals surface area contributed by atoms with Crippen molar-refractivity contribution in [2.45, 2.75) is 95.4 Å². The summed E-state index contributed by atoms with van der Waals surface area (Å²) in [6.07, 6.45) is 7.77. The number of alkyl carbamates (subject to hydrolysis) is 1. The van der Waals surface area contributed by atoms with Crippen molar-refractivity contribution in [3.8, 4) is 0 Å². The van der Waals surface area contributed by atoms with E-state index in [4.69, 9.17) is 21.3 Å². The second-order valence-corrected chi connectivity index (χ2v) is 14.5. The van der Waals surface area contributed by atoms with Crippen molar-refractivity contribution in [1.29, 1.82) is 0 Å². The number of H-pyrrole nitrogens is 1. The largest absolute Gasteiger partial charge is 0.444 e. The SMILES string of the molecule is CC(C)(C)OC(=O)NC1(C(=O)NC(CCNC(=O)C(NC=O)C2CCCCC2)c2ccc(Cl)cc2)CCN(C2=NCNc3[nH]ccc32)CC1. The van der Waals surface area contributed by atoms with Gasteiger partial charge in [-0.2, -0.15) is 0 Å². The molecule has 1 aromatic heterocycles. The number of aromatic nitrogens is 1. The van der Waals surface area contributed by atoms with Gasteiger partial charge in [-0.25, -0.2) is 9.79 Å². The molecule has 1 saturated carbocycles. The van der Waals surface area contributed by atoms with Crippen molar-refractivity contribution in [1.82, 2.24) is 31.2 Å². The number of ether oxygens (including phenoxy) is 1. The van der Waals surface area contributed by atoms with Crippen molar-refractivity contribution < 1.29 is 23.9 Å². The molecule has 3 aliphatic rings. The molecule has 6 N–H and O–H groups in total. The van der Waals surface area contributed by atoms with Crippen LogP contribution in [0.3, 0.4) is 0 Å². The number of likely N-dealkylation sites (tertiary alicyclic amines) is 1. The number of piperidine rings is 1. The standard InChI is InChI=1S/C35H49ClN8O5/c1-34(2,3)49-33(48)43-35(15-19-44(20-16-35)30-26-13-17-37-29(26)39-21-40-30)32(47)42-27(23-9-11-25(36)12-10-23)14-18-38-31(46)28(41-22-45)24-7-5-4-6-8-24/h9-13,17,22,24,27-28,37,39H,4-8,14-16,18-21H2,1-3H3,(H,38,46)(H,41,45)(H,42,47)(H,43,48). The number of carbonyl (C=O) groups is 4. The van der Waals surface area contributed by atoms with Crippen molar-refractivity contribution in [2.24, 2.45) is 10.9 Å². The van der Waals surface area contributed by atoms with Gasteiger partial charge in [0.25, 0.3) is 0 Å². The monoisotopic (exact) mass is 696 g/mol. The third-order valence-corrected chi connectivity index (χ3v) is 9.78. The molecule has 2 aromatic rings. The number of fused-ring (bicyclic) bond motifs is 1. The van der Waals surface area contributed by atoms with E-state index in [0.29, 0.717) is 50.5 Å². The number of hydrogen-bond donors (Lipinski definition) is 6. The predicted molar refractivity (Wildman–Crippen MR) is 188 cm³/mol. The van der Waals surface area contributed by atoms with Gasteiger partial charge in [0.1, 0.15) is 35.5 Å². The minimum Gasteiger partial charge on any atom is -0.444 e. The van der Waals surface area contributed by atoms with Crippen molar-refractivity contribution in [3.63, 3.8) is 0 Å². The zero-order valence-electron chi connectivity index (χ0n) is 28.6. The first kappa shape index (κ1) is 36.0. The van der Waals surface area contributed by atoms with Crippen LogP contribution in [-0.4, -0.2) is 83.5 Å². The van der Waals surface area contributed by atoms with Crippen molar-refractivity contribution >= 4 is 47.6 Å². The summed E-state index contributed by atoms with van der Waals surface area (Å²) >= 11 is 6.20. The number of amides is 4. The van der Waals surface area contributed by atoms with Gasteiger partial charge >= 0.3 is 6.09 Å². The van der Waals surface area contributed by atoms with Gasteiger partial charge < -0.3 is 41.2 Å². The highest BCUT2D eigenvalue weighted by Gasteiger charge is 2.45. The molecule has 3 heterocycles. The Hall–Kier alpha value is -4.26. The molecule has 0 spiro atoms. The number of carbonyl (C=O) groups excluding carboxylic acids is 4. The Morgan fingerprint density at radius 3 is 2.49 bits per heavy atom. The minimum absolute atomic E-state index is 0.0926. The first-order valence-electron chi connectivity index (χ1n) is 17.2. The van der Waals surface area contributed by atoms with Crippen LogP contribution in [0.25, 0.3) is 0 Å². The molecule has 2 fully saturated rings. The van der Waals surface area contributed by atoms with E-state index in [1.54, 1.807) is 32.9 Å². The molecule has 14 heteroatoms. The van der Waals surface area contributed by atoms with E-state index in [1.165, 1.54) is 0 Å². The number of anilines is 1. The molecule has 4 amide bonds. The highest BCUT2D eigenvalue weighted by Crippen LogP contribution is 2.30. The molecule has 2 aliphatic heterocycles. The lowest BCUT2D eigenvalue weighted by atomic mass is 9.83. The van der Waals surface area contributed by atoms with Crippen LogP contribution in [0, 0.1) is 5.92 Å². The van der Waals surface area contributed by atoms with Crippen LogP contribution in [-0.2, 0) is 19.1 Å². The lowest BCUT2D eigenvalue weighted by molar-refractivity contribution is -0.130. The van der Waals surface area contributed by atoms with Crippen LogP contribution < -0.4 is 26.6 Å². The molecule has 266 valence electrons. The molecule has 1 saturated heterocycles. The van der Waals surface area contributed by atoms with Crippen LogP contribution in [0.2, 0.25) is 5.02 Å². The van der Waals surface area contributed by atoms with Crippen LogP contribution >= 0.6 is 11.6 Å². The number of aromatic amines is 1. The average molecular weight is 697 g/mol. The number of nitrogens with one attached hydrogen (secondary N) is 6. The van der Waals surface area contributed by atoms with Crippen LogP contribution in [0.15, 0.2) is 41.5 Å². The summed E-state index contributed by atoms with van der Waals surface area (Å²) in [4.78, 5) is 62.2. The third-order valence-electron chi connectivity index (χ3n) is 9.53. The first-order valence-corrected chi connectivity index (χ1v) is 17.6. The van der Waals surface area contributed by atoms with Crippen LogP contribution in [0.1, 0.15) is 89.3 Å². The lowest BCUT2D eigenvalue weighted by Crippen LogP contribution is -2.64. The molecule has 5 rings (SSSR count). The zero-order chi connectivity index (χ0) is 35.0. The van der Waals surface area contributed by atoms with Gasteiger partial charge in [0.05, 0.1) is 11.6 Å². The number of amidine groups is 1. The highest BCUT2D eigenvalue weighted by molar-refractivity contribution is 6.30. The fraction of sp³-hybridized carbons (Fsp3) is 0.571. The molecule has 2 atom stereocenters. The molecule has 13 nitrogen and oxygen atoms in total. The topological polar surface area (TPSA) is 169 Å². The average Bonchev–Trinajstić information content (AvgIpc) is 3.56. The van der Waals surface area contributed by atoms with Gasteiger partial charge in [0.15, 0.2) is 0 Å². The Bertz CT molecular complexity index is 1490. The second-order valence-electron chi connectivity index (χ2n) is 14.1. The quantitative estimate of drug-likeness (QED) is 0.191. The molecule has 2 unspecified atom stereocenters. The number of halogens is 1. The minimum atomic E-state index is -1.26. The Morgan fingerprint density at radius 1 is 1.10 bits per heavy atom. The van der Waals surface area contributed by atoms with E-state index in [0.717, 1.165) is 54.9 Å². The van der Waals surface area contributed by atoms with Crippen molar-refractivity contribution in [3.05, 3.63) is 52.7 Å². The smallest absolute Gasteiger partial charge is 0.408 e. The number of nitrogens with zero attached hydrogens (tertiary/aromatic N) is 2. The third kappa shape index (κ3) is 9.26. The lowest BCUT2D eigenvalue weighted by Gasteiger charge is -2.43. The summed E-state index contributed by atoms with van der Waals surface area (Å²) in [5.74, 6) is 1.25. The summed E-state index contributed by atoms with van der Waals surface area (Å²) in [6, 6.07) is 8.05. The number of rotatable bonds is 11. The van der Waals surface area contributed by atoms with Gasteiger partial charge in [-0.3, -0.25) is 14.4 Å². The van der Waals surface area contributed by atoms with Gasteiger partial charge in [0.2, 0.25) is 18.2 Å². The Kier molecular flexibility index (Phi) is 11.7. The number of hydrogen-bond acceptors (Lipinski definition) is 8. The highest BCUT2D eigenvalue weighted by atomic mass is 35.5. The van der Waals surface area contributed by atoms with Crippen LogP contribution in [0.4, 0.5) is 10.6 Å². The summed E-state index contributed by atoms with van der Waals surface area (Å²) in [5, 5.41) is 15.6. The maximum Gasteiger partial charge on any atom is 0.408 e. The van der Waals surface area contributed by atoms with E-state index in [9.17, 15) is 19.2 Å². The van der Waals surface area contributed by atoms with E-state index in [1.807, 2.05) is 24.4 Å². The first-order chi connectivity index (χ1) is 23.5. The number of benzene rings is 1. The summed E-state index contributed by atoms with van der Waals surface area (Å²) < 4.78 is 5.61. The zero-order valence-corrected chi connectivity index (χ0v) is 29.3. The Morgan fingerprint density at radius 2 is 1.82 bits per heavy atom. The van der Waals surface area contributed by atoms with E-state index >= 15 is 0 Å². The molecular formula is C35H49ClN8O5. The fourth-order valence-corrected chi connectivity index (χ4v) is 7.11. The van der Waals surface area contributed by atoms with Gasteiger partial charge in [-0.15, -0.1) is 0 Å². The predicted octanol–water partition coefficient (Wildman–Crippen LogP) is 4.22. The Labute approximate surface area is 292 Å². The Balaban J connectivity index is 1.32. The summed E-state index contributed by atoms with van der Waals surface area (Å²) in [6.45, 7) is 6.97. The van der Waals surface area contributed by atoms with Crippen molar-refractivity contribution in [2.75, 3.05) is 31.6 Å². The summed E-state index contributed by atoms with van der Waals surface area (Å²) in [7, 11) is 0. The maximum absolute atomic E-state index is 14.4. The fourth-order valence-electron chi connectivity index (χ4n) is 6.99. The molecule has 1 aliphatic carbocycles.